The molecule has 0 radical (unpaired) electrons. The minimum atomic E-state index is 0.406. The van der Waals surface area contributed by atoms with E-state index in [1.165, 1.54) is 24.8 Å². The molecule has 94 valence electrons. The van der Waals surface area contributed by atoms with Crippen LogP contribution in [0.5, 0.6) is 5.75 Å². The van der Waals surface area contributed by atoms with Crippen LogP contribution in [-0.4, -0.2) is 6.10 Å². The van der Waals surface area contributed by atoms with Gasteiger partial charge in [0.05, 0.1) is 6.10 Å². The van der Waals surface area contributed by atoms with Gasteiger partial charge in [-0.25, -0.2) is 0 Å². The van der Waals surface area contributed by atoms with Gasteiger partial charge >= 0.3 is 0 Å². The molecule has 0 saturated heterocycles. The van der Waals surface area contributed by atoms with E-state index in [4.69, 9.17) is 4.74 Å². The molecule has 0 heterocycles. The second-order valence-electron chi connectivity index (χ2n) is 5.43. The Balaban J connectivity index is 1.95. The van der Waals surface area contributed by atoms with Gasteiger partial charge in [0.2, 0.25) is 0 Å². The highest BCUT2D eigenvalue weighted by molar-refractivity contribution is 9.08. The molecule has 1 nitrogen and oxygen atoms in total. The largest absolute Gasteiger partial charge is 0.490 e. The monoisotopic (exact) mass is 296 g/mol. The van der Waals surface area contributed by atoms with E-state index >= 15 is 0 Å². The van der Waals surface area contributed by atoms with Crippen LogP contribution >= 0.6 is 15.9 Å². The Kier molecular flexibility index (Phi) is 4.49. The van der Waals surface area contributed by atoms with Crippen molar-refractivity contribution in [3.05, 3.63) is 29.8 Å². The molecule has 0 bridgehead atoms. The number of rotatable bonds is 3. The fourth-order valence-electron chi connectivity index (χ4n) is 2.82. The highest BCUT2D eigenvalue weighted by Crippen LogP contribution is 2.31. The lowest BCUT2D eigenvalue weighted by Crippen LogP contribution is -2.28. The van der Waals surface area contributed by atoms with Gasteiger partial charge in [0.1, 0.15) is 5.75 Å². The fourth-order valence-corrected chi connectivity index (χ4v) is 3.19. The Labute approximate surface area is 113 Å². The van der Waals surface area contributed by atoms with Crippen molar-refractivity contribution >= 4 is 15.9 Å². The first kappa shape index (κ1) is 12.9. The summed E-state index contributed by atoms with van der Waals surface area (Å²) in [4.78, 5) is 0. The van der Waals surface area contributed by atoms with Crippen LogP contribution in [0, 0.1) is 11.8 Å². The minimum absolute atomic E-state index is 0.406. The smallest absolute Gasteiger partial charge is 0.119 e. The summed E-state index contributed by atoms with van der Waals surface area (Å²) in [7, 11) is 0. The van der Waals surface area contributed by atoms with Crippen LogP contribution in [0.25, 0.3) is 0 Å². The molecule has 1 saturated carbocycles. The molecule has 1 aromatic rings. The summed E-state index contributed by atoms with van der Waals surface area (Å²) in [5.41, 5.74) is 1.29. The average Bonchev–Trinajstić information content (AvgIpc) is 2.28. The minimum Gasteiger partial charge on any atom is -0.490 e. The van der Waals surface area contributed by atoms with Crippen LogP contribution in [-0.2, 0) is 5.33 Å². The molecule has 0 N–H and O–H groups in total. The fraction of sp³-hybridized carbons (Fsp3) is 0.600. The van der Waals surface area contributed by atoms with Crippen molar-refractivity contribution in [2.24, 2.45) is 11.8 Å². The number of alkyl halides is 1. The van der Waals surface area contributed by atoms with Gasteiger partial charge < -0.3 is 4.74 Å². The van der Waals surface area contributed by atoms with E-state index in [1.807, 2.05) is 0 Å². The Morgan fingerprint density at radius 3 is 2.18 bits per heavy atom. The summed E-state index contributed by atoms with van der Waals surface area (Å²) in [5.74, 6) is 2.61. The van der Waals surface area contributed by atoms with Crippen molar-refractivity contribution in [2.75, 3.05) is 0 Å². The van der Waals surface area contributed by atoms with Gasteiger partial charge in [-0.3, -0.25) is 0 Å². The van der Waals surface area contributed by atoms with E-state index in [0.717, 1.165) is 22.9 Å². The lowest BCUT2D eigenvalue weighted by Gasteiger charge is -2.31. The first-order valence-corrected chi connectivity index (χ1v) is 7.61. The van der Waals surface area contributed by atoms with Crippen molar-refractivity contribution in [3.63, 3.8) is 0 Å². The van der Waals surface area contributed by atoms with E-state index < -0.39 is 0 Å². The Bertz CT molecular complexity index is 336. The zero-order valence-electron chi connectivity index (χ0n) is 10.7. The molecule has 0 aromatic heterocycles. The van der Waals surface area contributed by atoms with E-state index in [-0.39, 0.29) is 0 Å². The zero-order chi connectivity index (χ0) is 12.3. The summed E-state index contributed by atoms with van der Waals surface area (Å²) >= 11 is 3.46. The Morgan fingerprint density at radius 2 is 1.65 bits per heavy atom. The molecule has 0 amide bonds. The van der Waals surface area contributed by atoms with E-state index in [1.54, 1.807) is 0 Å². The maximum Gasteiger partial charge on any atom is 0.119 e. The highest BCUT2D eigenvalue weighted by Gasteiger charge is 2.25. The summed E-state index contributed by atoms with van der Waals surface area (Å²) in [5, 5.41) is 0.908. The predicted octanol–water partition coefficient (Wildman–Crippen LogP) is 4.79. The van der Waals surface area contributed by atoms with Crippen LogP contribution in [0.3, 0.4) is 0 Å². The van der Waals surface area contributed by atoms with Crippen molar-refractivity contribution in [1.82, 2.24) is 0 Å². The Hall–Kier alpha value is -0.500. The molecule has 2 rings (SSSR count). The van der Waals surface area contributed by atoms with Crippen LogP contribution < -0.4 is 4.74 Å². The van der Waals surface area contributed by atoms with Crippen LogP contribution in [0.15, 0.2) is 24.3 Å². The normalized spacial score (nSPS) is 29.0. The third kappa shape index (κ3) is 3.74. The third-order valence-corrected chi connectivity index (χ3v) is 4.16. The molecular formula is C15H21BrO. The second kappa shape index (κ2) is 5.90. The molecule has 2 heteroatoms. The maximum atomic E-state index is 6.08. The number of ether oxygens (including phenoxy) is 1. The summed E-state index contributed by atoms with van der Waals surface area (Å²) < 4.78 is 6.08. The topological polar surface area (TPSA) is 9.23 Å². The molecule has 0 spiro atoms. The molecule has 1 aliphatic carbocycles. The maximum absolute atomic E-state index is 6.08. The van der Waals surface area contributed by atoms with Gasteiger partial charge in [-0.2, -0.15) is 0 Å². The Morgan fingerprint density at radius 1 is 1.06 bits per heavy atom. The van der Waals surface area contributed by atoms with Gasteiger partial charge in [0.25, 0.3) is 0 Å². The SMILES string of the molecule is CC1CC(C)CC(Oc2ccc(CBr)cc2)C1. The molecule has 2 atom stereocenters. The summed E-state index contributed by atoms with van der Waals surface area (Å²) in [6.07, 6.45) is 4.15. The standard InChI is InChI=1S/C15H21BrO/c1-11-7-12(2)9-15(8-11)17-14-5-3-13(10-16)4-6-14/h3-6,11-12,15H,7-10H2,1-2H3. The van der Waals surface area contributed by atoms with Crippen molar-refractivity contribution in [2.45, 2.75) is 44.5 Å². The zero-order valence-corrected chi connectivity index (χ0v) is 12.2. The summed E-state index contributed by atoms with van der Waals surface area (Å²) in [6.45, 7) is 4.67. The molecule has 2 unspecified atom stereocenters. The predicted molar refractivity (Wildman–Crippen MR) is 75.7 cm³/mol. The highest BCUT2D eigenvalue weighted by atomic mass is 79.9. The van der Waals surface area contributed by atoms with Crippen molar-refractivity contribution < 1.29 is 4.74 Å². The second-order valence-corrected chi connectivity index (χ2v) is 6.00. The number of hydrogen-bond acceptors (Lipinski definition) is 1. The third-order valence-electron chi connectivity index (χ3n) is 3.52. The van der Waals surface area contributed by atoms with Crippen molar-refractivity contribution in [3.8, 4) is 5.75 Å². The molecular weight excluding hydrogens is 276 g/mol. The molecule has 17 heavy (non-hydrogen) atoms. The van der Waals surface area contributed by atoms with E-state index in [9.17, 15) is 0 Å². The first-order chi connectivity index (χ1) is 8.17. The van der Waals surface area contributed by atoms with Gasteiger partial charge in [0, 0.05) is 5.33 Å². The quantitative estimate of drug-likeness (QED) is 0.729. The van der Waals surface area contributed by atoms with Gasteiger partial charge in [-0.1, -0.05) is 41.9 Å². The molecule has 1 aliphatic rings. The molecule has 1 aromatic carbocycles. The van der Waals surface area contributed by atoms with Crippen LogP contribution in [0.4, 0.5) is 0 Å². The van der Waals surface area contributed by atoms with Crippen LogP contribution in [0.2, 0.25) is 0 Å². The van der Waals surface area contributed by atoms with Crippen molar-refractivity contribution in [1.29, 1.82) is 0 Å². The summed E-state index contributed by atoms with van der Waals surface area (Å²) in [6, 6.07) is 8.42. The number of benzene rings is 1. The van der Waals surface area contributed by atoms with Gasteiger partial charge in [-0.05, 0) is 48.8 Å². The van der Waals surface area contributed by atoms with Gasteiger partial charge in [0.15, 0.2) is 0 Å². The molecule has 0 aliphatic heterocycles. The van der Waals surface area contributed by atoms with E-state index in [2.05, 4.69) is 54.0 Å². The molecule has 1 fully saturated rings. The lowest BCUT2D eigenvalue weighted by molar-refractivity contribution is 0.101. The van der Waals surface area contributed by atoms with Crippen LogP contribution in [0.1, 0.15) is 38.7 Å². The average molecular weight is 297 g/mol. The number of hydrogen-bond donors (Lipinski definition) is 0. The van der Waals surface area contributed by atoms with Gasteiger partial charge in [-0.15, -0.1) is 0 Å². The van der Waals surface area contributed by atoms with E-state index in [0.29, 0.717) is 6.10 Å². The lowest BCUT2D eigenvalue weighted by atomic mass is 9.82. The number of halogens is 1. The first-order valence-electron chi connectivity index (χ1n) is 6.49.